The van der Waals surface area contributed by atoms with Crippen molar-refractivity contribution in [3.05, 3.63) is 0 Å². The van der Waals surface area contributed by atoms with Gasteiger partial charge in [0.1, 0.15) is 5.60 Å². The summed E-state index contributed by atoms with van der Waals surface area (Å²) in [6.07, 6.45) is 7.29. The summed E-state index contributed by atoms with van der Waals surface area (Å²) in [4.78, 5) is 11.8. The van der Waals surface area contributed by atoms with E-state index in [-0.39, 0.29) is 17.7 Å². The lowest BCUT2D eigenvalue weighted by Gasteiger charge is -2.55. The molecule has 0 spiro atoms. The van der Waals surface area contributed by atoms with Crippen molar-refractivity contribution in [1.82, 2.24) is 5.32 Å². The molecule has 1 amide bonds. The fraction of sp³-hybridized carbons (Fsp3) is 0.929. The Morgan fingerprint density at radius 1 is 1.12 bits per heavy atom. The summed E-state index contributed by atoms with van der Waals surface area (Å²) in [5.74, 6) is 2.48. The molecule has 0 aromatic heterocycles. The lowest BCUT2D eigenvalue weighted by Crippen LogP contribution is -2.54. The topological polar surface area (TPSA) is 38.3 Å². The fourth-order valence-electron chi connectivity index (χ4n) is 4.62. The predicted octanol–water partition coefficient (Wildman–Crippen LogP) is 3.09. The number of carbonyl (C=O) groups is 1. The smallest absolute Gasteiger partial charge is 0.407 e. The molecule has 0 aromatic carbocycles. The third-order valence-electron chi connectivity index (χ3n) is 4.70. The number of hydrogen-bond acceptors (Lipinski definition) is 2. The number of rotatable bonds is 2. The molecule has 4 rings (SSSR count). The van der Waals surface area contributed by atoms with E-state index >= 15 is 0 Å². The number of carbonyl (C=O) groups excluding carboxylic acids is 1. The lowest BCUT2D eigenvalue weighted by atomic mass is 9.54. The predicted molar refractivity (Wildman–Crippen MR) is 65.7 cm³/mol. The second-order valence-corrected chi connectivity index (χ2v) is 6.79. The molecule has 0 saturated heterocycles. The molecule has 17 heavy (non-hydrogen) atoms. The van der Waals surface area contributed by atoms with E-state index in [0.29, 0.717) is 0 Å². The Morgan fingerprint density at radius 3 is 2.00 bits per heavy atom. The SMILES string of the molecule is CC(C)NC(=O)OC12CC3CC(CC(C3)C1)C2. The summed E-state index contributed by atoms with van der Waals surface area (Å²) < 4.78 is 5.81. The molecule has 0 unspecified atom stereocenters. The van der Waals surface area contributed by atoms with Crippen LogP contribution < -0.4 is 5.32 Å². The van der Waals surface area contributed by atoms with Gasteiger partial charge in [0, 0.05) is 6.04 Å². The van der Waals surface area contributed by atoms with E-state index in [1.165, 1.54) is 19.3 Å². The number of alkyl carbamates (subject to hydrolysis) is 1. The second kappa shape index (κ2) is 3.89. The fourth-order valence-corrected chi connectivity index (χ4v) is 4.62. The third-order valence-corrected chi connectivity index (χ3v) is 4.70. The first-order chi connectivity index (χ1) is 8.05. The van der Waals surface area contributed by atoms with Gasteiger partial charge >= 0.3 is 6.09 Å². The summed E-state index contributed by atoms with van der Waals surface area (Å²) in [6, 6.07) is 0.163. The quantitative estimate of drug-likeness (QED) is 0.801. The van der Waals surface area contributed by atoms with Gasteiger partial charge in [0.05, 0.1) is 0 Å². The molecule has 0 aromatic rings. The van der Waals surface area contributed by atoms with Crippen molar-refractivity contribution in [3.8, 4) is 0 Å². The molecule has 4 saturated carbocycles. The van der Waals surface area contributed by atoms with Crippen LogP contribution in [0.25, 0.3) is 0 Å². The van der Waals surface area contributed by atoms with Crippen molar-refractivity contribution >= 4 is 6.09 Å². The molecule has 0 heterocycles. The molecule has 96 valence electrons. The van der Waals surface area contributed by atoms with Crippen LogP contribution in [0.2, 0.25) is 0 Å². The lowest BCUT2D eigenvalue weighted by molar-refractivity contribution is -0.127. The van der Waals surface area contributed by atoms with Crippen molar-refractivity contribution < 1.29 is 9.53 Å². The highest BCUT2D eigenvalue weighted by Gasteiger charge is 2.53. The Morgan fingerprint density at radius 2 is 1.59 bits per heavy atom. The zero-order valence-corrected chi connectivity index (χ0v) is 10.9. The molecule has 0 radical (unpaired) electrons. The Bertz CT molecular complexity index is 289. The van der Waals surface area contributed by atoms with Gasteiger partial charge < -0.3 is 10.1 Å². The van der Waals surface area contributed by atoms with Gasteiger partial charge in [-0.3, -0.25) is 0 Å². The van der Waals surface area contributed by atoms with E-state index in [4.69, 9.17) is 4.74 Å². The van der Waals surface area contributed by atoms with Crippen LogP contribution in [0.15, 0.2) is 0 Å². The van der Waals surface area contributed by atoms with E-state index < -0.39 is 0 Å². The van der Waals surface area contributed by atoms with Crippen LogP contribution in [0.3, 0.4) is 0 Å². The van der Waals surface area contributed by atoms with E-state index in [9.17, 15) is 4.79 Å². The standard InChI is InChI=1S/C14H23NO2/c1-9(2)15-13(16)17-14-6-10-3-11(7-14)5-12(4-10)8-14/h9-12H,3-8H2,1-2H3,(H,15,16). The molecule has 4 bridgehead atoms. The Labute approximate surface area is 103 Å². The Hall–Kier alpha value is -0.730. The van der Waals surface area contributed by atoms with Crippen molar-refractivity contribution in [2.24, 2.45) is 17.8 Å². The number of ether oxygens (including phenoxy) is 1. The molecular formula is C14H23NO2. The van der Waals surface area contributed by atoms with E-state index in [2.05, 4.69) is 5.32 Å². The van der Waals surface area contributed by atoms with Crippen LogP contribution in [-0.4, -0.2) is 17.7 Å². The van der Waals surface area contributed by atoms with E-state index in [1.54, 1.807) is 0 Å². The number of amides is 1. The minimum absolute atomic E-state index is 0.103. The zero-order chi connectivity index (χ0) is 12.0. The van der Waals surface area contributed by atoms with Crippen molar-refractivity contribution in [2.75, 3.05) is 0 Å². The second-order valence-electron chi connectivity index (χ2n) is 6.79. The van der Waals surface area contributed by atoms with Crippen LogP contribution in [-0.2, 0) is 4.74 Å². The first-order valence-corrected chi connectivity index (χ1v) is 7.04. The summed E-state index contributed by atoms with van der Waals surface area (Å²) in [6.45, 7) is 3.95. The first-order valence-electron chi connectivity index (χ1n) is 7.04. The average Bonchev–Trinajstić information content (AvgIpc) is 2.11. The molecule has 4 fully saturated rings. The minimum Gasteiger partial charge on any atom is -0.443 e. The third kappa shape index (κ3) is 2.16. The maximum absolute atomic E-state index is 11.8. The summed E-state index contributed by atoms with van der Waals surface area (Å²) >= 11 is 0. The van der Waals surface area contributed by atoms with Crippen LogP contribution in [0, 0.1) is 17.8 Å². The van der Waals surface area contributed by atoms with Crippen molar-refractivity contribution in [2.45, 2.75) is 64.0 Å². The molecule has 0 aliphatic heterocycles. The largest absolute Gasteiger partial charge is 0.443 e. The van der Waals surface area contributed by atoms with Gasteiger partial charge in [0.15, 0.2) is 0 Å². The van der Waals surface area contributed by atoms with Crippen LogP contribution in [0.4, 0.5) is 4.79 Å². The highest BCUT2D eigenvalue weighted by molar-refractivity contribution is 5.68. The van der Waals surface area contributed by atoms with Crippen molar-refractivity contribution in [3.63, 3.8) is 0 Å². The molecule has 1 N–H and O–H groups in total. The van der Waals surface area contributed by atoms with Crippen LogP contribution in [0.5, 0.6) is 0 Å². The first kappa shape index (κ1) is 11.4. The number of nitrogens with one attached hydrogen (secondary N) is 1. The monoisotopic (exact) mass is 237 g/mol. The van der Waals surface area contributed by atoms with Gasteiger partial charge in [0.25, 0.3) is 0 Å². The van der Waals surface area contributed by atoms with Gasteiger partial charge in [-0.2, -0.15) is 0 Å². The normalized spacial score (nSPS) is 42.9. The van der Waals surface area contributed by atoms with Gasteiger partial charge in [-0.15, -0.1) is 0 Å². The van der Waals surface area contributed by atoms with Gasteiger partial charge in [-0.25, -0.2) is 4.79 Å². The van der Waals surface area contributed by atoms with Gasteiger partial charge in [0.2, 0.25) is 0 Å². The maximum atomic E-state index is 11.8. The van der Waals surface area contributed by atoms with E-state index in [0.717, 1.165) is 37.0 Å². The molecular weight excluding hydrogens is 214 g/mol. The van der Waals surface area contributed by atoms with Gasteiger partial charge in [-0.1, -0.05) is 0 Å². The van der Waals surface area contributed by atoms with E-state index in [1.807, 2.05) is 13.8 Å². The molecule has 3 heteroatoms. The van der Waals surface area contributed by atoms with Gasteiger partial charge in [-0.05, 0) is 70.1 Å². The summed E-state index contributed by atoms with van der Waals surface area (Å²) in [7, 11) is 0. The van der Waals surface area contributed by atoms with Crippen LogP contribution in [0.1, 0.15) is 52.4 Å². The maximum Gasteiger partial charge on any atom is 0.407 e. The Kier molecular flexibility index (Phi) is 2.60. The Balaban J connectivity index is 1.68. The van der Waals surface area contributed by atoms with Crippen LogP contribution >= 0.6 is 0 Å². The summed E-state index contributed by atoms with van der Waals surface area (Å²) in [5.41, 5.74) is -0.103. The summed E-state index contributed by atoms with van der Waals surface area (Å²) in [5, 5.41) is 2.86. The molecule has 3 nitrogen and oxygen atoms in total. The minimum atomic E-state index is -0.207. The highest BCUT2D eigenvalue weighted by Crippen LogP contribution is 2.57. The highest BCUT2D eigenvalue weighted by atomic mass is 16.6. The van der Waals surface area contributed by atoms with Crippen molar-refractivity contribution in [1.29, 1.82) is 0 Å². The number of hydrogen-bond donors (Lipinski definition) is 1. The molecule has 0 atom stereocenters. The average molecular weight is 237 g/mol. The molecule has 4 aliphatic carbocycles. The zero-order valence-electron chi connectivity index (χ0n) is 10.9. The molecule has 4 aliphatic rings.